The Labute approximate surface area is 175 Å². The van der Waals surface area contributed by atoms with Gasteiger partial charge in [-0.15, -0.1) is 11.3 Å². The Kier molecular flexibility index (Phi) is 6.32. The molecule has 11 heteroatoms. The topological polar surface area (TPSA) is 101 Å². The molecule has 30 heavy (non-hydrogen) atoms. The van der Waals surface area contributed by atoms with Crippen LogP contribution in [0.15, 0.2) is 39.1 Å². The van der Waals surface area contributed by atoms with Crippen molar-refractivity contribution in [2.24, 2.45) is 0 Å². The summed E-state index contributed by atoms with van der Waals surface area (Å²) in [5, 5.41) is 6.51. The molecule has 0 atom stereocenters. The zero-order chi connectivity index (χ0) is 21.9. The van der Waals surface area contributed by atoms with Crippen LogP contribution in [0.3, 0.4) is 0 Å². The molecule has 7 nitrogen and oxygen atoms in total. The van der Waals surface area contributed by atoms with Crippen molar-refractivity contribution in [1.82, 2.24) is 5.16 Å². The van der Waals surface area contributed by atoms with Gasteiger partial charge in [0.2, 0.25) is 5.91 Å². The Morgan fingerprint density at radius 1 is 1.23 bits per heavy atom. The van der Waals surface area contributed by atoms with Crippen molar-refractivity contribution in [3.63, 3.8) is 0 Å². The van der Waals surface area contributed by atoms with E-state index in [1.165, 1.54) is 6.07 Å². The van der Waals surface area contributed by atoms with Crippen LogP contribution >= 0.6 is 11.3 Å². The molecule has 0 aliphatic rings. The van der Waals surface area contributed by atoms with E-state index in [1.807, 2.05) is 4.72 Å². The van der Waals surface area contributed by atoms with Gasteiger partial charge in [0.25, 0.3) is 10.0 Å². The first kappa shape index (κ1) is 21.7. The van der Waals surface area contributed by atoms with Gasteiger partial charge in [-0.3, -0.25) is 9.52 Å². The minimum atomic E-state index is -4.10. The summed E-state index contributed by atoms with van der Waals surface area (Å²) in [7, 11) is -4.10. The van der Waals surface area contributed by atoms with Crippen molar-refractivity contribution in [2.75, 3.05) is 10.0 Å². The zero-order valence-electron chi connectivity index (χ0n) is 15.9. The van der Waals surface area contributed by atoms with Crippen LogP contribution in [0.4, 0.5) is 20.2 Å². The number of anilines is 2. The molecule has 0 unspecified atom stereocenters. The number of nitrogens with one attached hydrogen (secondary N) is 2. The van der Waals surface area contributed by atoms with E-state index < -0.39 is 27.3 Å². The molecule has 2 heterocycles. The third-order valence-corrected chi connectivity index (χ3v) is 6.82. The van der Waals surface area contributed by atoms with Gasteiger partial charge < -0.3 is 9.84 Å². The van der Waals surface area contributed by atoms with Gasteiger partial charge in [0.1, 0.15) is 27.2 Å². The third-order valence-electron chi connectivity index (χ3n) is 3.91. The molecule has 0 aliphatic heterocycles. The van der Waals surface area contributed by atoms with Gasteiger partial charge in [0.15, 0.2) is 5.76 Å². The molecule has 2 N–H and O–H groups in total. The van der Waals surface area contributed by atoms with Crippen molar-refractivity contribution in [3.8, 4) is 0 Å². The number of halogens is 2. The highest BCUT2D eigenvalue weighted by Gasteiger charge is 2.19. The van der Waals surface area contributed by atoms with Crippen molar-refractivity contribution >= 4 is 50.8 Å². The van der Waals surface area contributed by atoms with E-state index in [0.717, 1.165) is 29.5 Å². The number of thiophene rings is 1. The van der Waals surface area contributed by atoms with E-state index in [1.54, 1.807) is 32.1 Å². The standard InChI is InChI=1S/C19H17F2N3O4S2/c1-3-17(25)22-19-11(2)23-28-16(19)8-5-13-6-9-18(29-13)30(26,27)24-15-10-12(20)4-7-14(15)21/h4-10,24H,3H2,1-2H3,(H,22,25). The summed E-state index contributed by atoms with van der Waals surface area (Å²) >= 11 is 0.917. The van der Waals surface area contributed by atoms with Crippen LogP contribution in [0.5, 0.6) is 0 Å². The molecule has 0 bridgehead atoms. The molecule has 0 radical (unpaired) electrons. The quantitative estimate of drug-likeness (QED) is 0.543. The number of aryl methyl sites for hydroxylation is 1. The van der Waals surface area contributed by atoms with Gasteiger partial charge in [-0.1, -0.05) is 12.1 Å². The molecular formula is C19H17F2N3O4S2. The number of sulfonamides is 1. The van der Waals surface area contributed by atoms with Crippen LogP contribution in [0.2, 0.25) is 0 Å². The second-order valence-electron chi connectivity index (χ2n) is 6.13. The molecule has 0 aliphatic carbocycles. The van der Waals surface area contributed by atoms with Crippen molar-refractivity contribution in [3.05, 3.63) is 58.3 Å². The van der Waals surface area contributed by atoms with Crippen LogP contribution in [0.25, 0.3) is 12.2 Å². The van der Waals surface area contributed by atoms with E-state index in [4.69, 9.17) is 4.52 Å². The Morgan fingerprint density at radius 2 is 2.00 bits per heavy atom. The molecular weight excluding hydrogens is 436 g/mol. The number of hydrogen-bond acceptors (Lipinski definition) is 6. The monoisotopic (exact) mass is 453 g/mol. The largest absolute Gasteiger partial charge is 0.354 e. The number of carbonyl (C=O) groups is 1. The zero-order valence-corrected chi connectivity index (χ0v) is 17.5. The van der Waals surface area contributed by atoms with Crippen molar-refractivity contribution in [2.45, 2.75) is 24.5 Å². The second-order valence-corrected chi connectivity index (χ2v) is 9.15. The van der Waals surface area contributed by atoms with E-state index in [0.29, 0.717) is 28.4 Å². The highest BCUT2D eigenvalue weighted by Crippen LogP contribution is 2.28. The number of carbonyl (C=O) groups excluding carboxylic acids is 1. The number of nitrogens with zero attached hydrogens (tertiary/aromatic N) is 1. The predicted molar refractivity (Wildman–Crippen MR) is 111 cm³/mol. The van der Waals surface area contributed by atoms with Gasteiger partial charge in [0.05, 0.1) is 5.69 Å². The molecule has 3 aromatic rings. The number of rotatable bonds is 7. The number of aromatic nitrogens is 1. The van der Waals surface area contributed by atoms with Crippen LogP contribution in [0, 0.1) is 18.6 Å². The fourth-order valence-electron chi connectivity index (χ4n) is 2.38. The minimum absolute atomic E-state index is 0.0842. The molecule has 1 aromatic carbocycles. The average molecular weight is 453 g/mol. The first-order chi connectivity index (χ1) is 14.2. The fourth-order valence-corrected chi connectivity index (χ4v) is 4.66. The van der Waals surface area contributed by atoms with Crippen LogP contribution in [-0.2, 0) is 14.8 Å². The lowest BCUT2D eigenvalue weighted by Crippen LogP contribution is -2.12. The molecule has 0 fully saturated rings. The first-order valence-electron chi connectivity index (χ1n) is 8.71. The maximum atomic E-state index is 13.7. The summed E-state index contributed by atoms with van der Waals surface area (Å²) in [4.78, 5) is 12.2. The Bertz CT molecular complexity index is 1220. The molecule has 158 valence electrons. The highest BCUT2D eigenvalue weighted by atomic mass is 32.2. The summed E-state index contributed by atoms with van der Waals surface area (Å²) in [5.41, 5.74) is 0.465. The Hall–Kier alpha value is -3.05. The summed E-state index contributed by atoms with van der Waals surface area (Å²) in [6, 6.07) is 5.38. The number of benzene rings is 1. The van der Waals surface area contributed by atoms with Crippen LogP contribution in [0.1, 0.15) is 29.7 Å². The predicted octanol–water partition coefficient (Wildman–Crippen LogP) is 4.64. The molecule has 0 spiro atoms. The first-order valence-corrected chi connectivity index (χ1v) is 11.0. The summed E-state index contributed by atoms with van der Waals surface area (Å²) in [6.45, 7) is 3.39. The van der Waals surface area contributed by atoms with Crippen LogP contribution in [-0.4, -0.2) is 19.5 Å². The van der Waals surface area contributed by atoms with Gasteiger partial charge in [0, 0.05) is 17.4 Å². The molecule has 1 amide bonds. The van der Waals surface area contributed by atoms with Gasteiger partial charge >= 0.3 is 0 Å². The van der Waals surface area contributed by atoms with Gasteiger partial charge in [-0.25, -0.2) is 17.2 Å². The maximum Gasteiger partial charge on any atom is 0.271 e. The van der Waals surface area contributed by atoms with Crippen molar-refractivity contribution in [1.29, 1.82) is 0 Å². The summed E-state index contributed by atoms with van der Waals surface area (Å²) in [6.07, 6.45) is 3.43. The number of amides is 1. The van der Waals surface area contributed by atoms with E-state index >= 15 is 0 Å². The average Bonchev–Trinajstić information content (AvgIpc) is 3.31. The Morgan fingerprint density at radius 3 is 2.73 bits per heavy atom. The van der Waals surface area contributed by atoms with Gasteiger partial charge in [-0.2, -0.15) is 0 Å². The lowest BCUT2D eigenvalue weighted by Gasteiger charge is -2.07. The summed E-state index contributed by atoms with van der Waals surface area (Å²) < 4.78 is 59.1. The smallest absolute Gasteiger partial charge is 0.271 e. The lowest BCUT2D eigenvalue weighted by molar-refractivity contribution is -0.115. The third kappa shape index (κ3) is 4.92. The highest BCUT2D eigenvalue weighted by molar-refractivity contribution is 7.94. The lowest BCUT2D eigenvalue weighted by atomic mass is 10.2. The Balaban J connectivity index is 1.80. The molecule has 2 aromatic heterocycles. The van der Waals surface area contributed by atoms with E-state index in [-0.39, 0.29) is 10.1 Å². The van der Waals surface area contributed by atoms with Crippen LogP contribution < -0.4 is 10.0 Å². The second kappa shape index (κ2) is 8.76. The molecule has 3 rings (SSSR count). The minimum Gasteiger partial charge on any atom is -0.354 e. The number of hydrogen-bond donors (Lipinski definition) is 2. The fraction of sp³-hybridized carbons (Fsp3) is 0.158. The normalized spacial score (nSPS) is 11.7. The van der Waals surface area contributed by atoms with Gasteiger partial charge in [-0.05, 0) is 43.3 Å². The molecule has 0 saturated heterocycles. The SMILES string of the molecule is CCC(=O)Nc1c(C)noc1C=Cc1ccc(S(=O)(=O)Nc2cc(F)ccc2F)s1. The maximum absolute atomic E-state index is 13.7. The van der Waals surface area contributed by atoms with E-state index in [2.05, 4.69) is 10.5 Å². The van der Waals surface area contributed by atoms with Crippen molar-refractivity contribution < 1.29 is 26.5 Å². The molecule has 0 saturated carbocycles. The van der Waals surface area contributed by atoms with E-state index in [9.17, 15) is 22.0 Å². The summed E-state index contributed by atoms with van der Waals surface area (Å²) in [5.74, 6) is -1.54.